The monoisotopic (exact) mass is 327 g/mol. The molecular weight excluding hydrogens is 311 g/mol. The van der Waals surface area contributed by atoms with Gasteiger partial charge in [-0.1, -0.05) is 6.07 Å². The number of nitrogens with two attached hydrogens (primary N) is 1. The Kier molecular flexibility index (Phi) is 5.91. The summed E-state index contributed by atoms with van der Waals surface area (Å²) in [7, 11) is -3.11. The number of alkyl halides is 3. The van der Waals surface area contributed by atoms with Crippen LogP contribution in [0.1, 0.15) is 11.1 Å². The van der Waals surface area contributed by atoms with Gasteiger partial charge in [0.15, 0.2) is 0 Å². The quantitative estimate of drug-likeness (QED) is 0.815. The fraction of sp³-hybridized carbons (Fsp3) is 0.500. The highest BCUT2D eigenvalue weighted by Gasteiger charge is 2.33. The number of benzene rings is 1. The molecule has 0 amide bonds. The summed E-state index contributed by atoms with van der Waals surface area (Å²) >= 11 is 1.09. The fourth-order valence-electron chi connectivity index (χ4n) is 1.59. The van der Waals surface area contributed by atoms with Crippen LogP contribution in [-0.4, -0.2) is 32.7 Å². The Morgan fingerprint density at radius 3 is 2.45 bits per heavy atom. The van der Waals surface area contributed by atoms with Crippen molar-refractivity contribution < 1.29 is 21.6 Å². The van der Waals surface area contributed by atoms with E-state index in [2.05, 4.69) is 0 Å². The first-order chi connectivity index (χ1) is 9.13. The van der Waals surface area contributed by atoms with E-state index in [0.29, 0.717) is 4.90 Å². The third-order valence-electron chi connectivity index (χ3n) is 2.52. The minimum atomic E-state index is -4.43. The van der Waals surface area contributed by atoms with Gasteiger partial charge in [-0.3, -0.25) is 0 Å². The lowest BCUT2D eigenvalue weighted by molar-refractivity contribution is -0.138. The van der Waals surface area contributed by atoms with Gasteiger partial charge >= 0.3 is 6.18 Å². The molecule has 0 aromatic heterocycles. The molecule has 0 radical (unpaired) electrons. The van der Waals surface area contributed by atoms with Crippen molar-refractivity contribution in [1.82, 2.24) is 0 Å². The lowest BCUT2D eigenvalue weighted by Gasteiger charge is -2.14. The smallest absolute Gasteiger partial charge is 0.330 e. The van der Waals surface area contributed by atoms with Crippen molar-refractivity contribution in [2.45, 2.75) is 17.5 Å². The van der Waals surface area contributed by atoms with Crippen LogP contribution in [0.3, 0.4) is 0 Å². The molecule has 0 fully saturated rings. The van der Waals surface area contributed by atoms with Crippen LogP contribution in [0.15, 0.2) is 23.1 Å². The van der Waals surface area contributed by atoms with Crippen molar-refractivity contribution in [2.75, 3.05) is 24.3 Å². The second-order valence-electron chi connectivity index (χ2n) is 4.33. The van der Waals surface area contributed by atoms with E-state index < -0.39 is 21.6 Å². The number of halogens is 3. The normalized spacial score (nSPS) is 12.7. The van der Waals surface area contributed by atoms with Crippen LogP contribution in [-0.2, 0) is 22.4 Å². The molecule has 0 aliphatic heterocycles. The second-order valence-corrected chi connectivity index (χ2v) is 7.76. The molecule has 1 rings (SSSR count). The number of hydrogen-bond donors (Lipinski definition) is 1. The minimum Gasteiger partial charge on any atom is -0.330 e. The van der Waals surface area contributed by atoms with Crippen molar-refractivity contribution in [2.24, 2.45) is 5.73 Å². The van der Waals surface area contributed by atoms with Crippen LogP contribution in [0.5, 0.6) is 0 Å². The topological polar surface area (TPSA) is 60.2 Å². The van der Waals surface area contributed by atoms with E-state index in [1.54, 1.807) is 6.07 Å². The number of hydrogen-bond acceptors (Lipinski definition) is 4. The fourth-order valence-corrected chi connectivity index (χ4v) is 3.74. The molecule has 20 heavy (non-hydrogen) atoms. The summed E-state index contributed by atoms with van der Waals surface area (Å²) in [5.41, 5.74) is 4.76. The maximum absolute atomic E-state index is 12.9. The molecule has 3 nitrogen and oxygen atoms in total. The molecule has 0 bridgehead atoms. The van der Waals surface area contributed by atoms with Gasteiger partial charge in [0.2, 0.25) is 0 Å². The minimum absolute atomic E-state index is 0.0659. The first-order valence-corrected chi connectivity index (χ1v) is 8.89. The summed E-state index contributed by atoms with van der Waals surface area (Å²) in [4.78, 5) is 0.404. The summed E-state index contributed by atoms with van der Waals surface area (Å²) in [5.74, 6) is 0.163. The van der Waals surface area contributed by atoms with E-state index in [1.807, 2.05) is 0 Å². The van der Waals surface area contributed by atoms with Crippen molar-refractivity contribution in [3.63, 3.8) is 0 Å². The largest absolute Gasteiger partial charge is 0.416 e. The Hall–Kier alpha value is -0.730. The molecule has 0 spiro atoms. The van der Waals surface area contributed by atoms with Gasteiger partial charge < -0.3 is 5.73 Å². The SMILES string of the molecule is CS(=O)(=O)CCSc1ccc(CCN)c(C(F)(F)F)c1. The summed E-state index contributed by atoms with van der Waals surface area (Å²) in [6, 6.07) is 4.02. The van der Waals surface area contributed by atoms with E-state index in [4.69, 9.17) is 5.73 Å². The van der Waals surface area contributed by atoms with Crippen molar-refractivity contribution in [3.05, 3.63) is 29.3 Å². The second kappa shape index (κ2) is 6.82. The zero-order valence-electron chi connectivity index (χ0n) is 10.9. The van der Waals surface area contributed by atoms with Gasteiger partial charge in [-0.05, 0) is 30.7 Å². The van der Waals surface area contributed by atoms with Crippen molar-refractivity contribution in [3.8, 4) is 0 Å². The van der Waals surface area contributed by atoms with Crippen molar-refractivity contribution >= 4 is 21.6 Å². The predicted molar refractivity (Wildman–Crippen MR) is 74.6 cm³/mol. The molecule has 0 atom stereocenters. The van der Waals surface area contributed by atoms with E-state index >= 15 is 0 Å². The van der Waals surface area contributed by atoms with E-state index in [1.165, 1.54) is 6.07 Å². The number of sulfone groups is 1. The Labute approximate surface area is 120 Å². The summed E-state index contributed by atoms with van der Waals surface area (Å²) in [6.07, 6.45) is -3.18. The lowest BCUT2D eigenvalue weighted by atomic mass is 10.0. The highest BCUT2D eigenvalue weighted by atomic mass is 32.2. The number of thioether (sulfide) groups is 1. The highest BCUT2D eigenvalue weighted by Crippen LogP contribution is 2.35. The third-order valence-corrected chi connectivity index (χ3v) is 4.72. The Balaban J connectivity index is 2.90. The van der Waals surface area contributed by atoms with Gasteiger partial charge in [0.1, 0.15) is 9.84 Å². The molecule has 0 aliphatic rings. The molecule has 8 heteroatoms. The highest BCUT2D eigenvalue weighted by molar-refractivity contribution is 8.00. The molecular formula is C12H16F3NO2S2. The van der Waals surface area contributed by atoms with Crippen LogP contribution in [0.25, 0.3) is 0 Å². The van der Waals surface area contributed by atoms with E-state index in [0.717, 1.165) is 24.1 Å². The van der Waals surface area contributed by atoms with Gasteiger partial charge in [0.05, 0.1) is 11.3 Å². The zero-order valence-corrected chi connectivity index (χ0v) is 12.5. The summed E-state index contributed by atoms with van der Waals surface area (Å²) in [6.45, 7) is 0.143. The maximum Gasteiger partial charge on any atom is 0.416 e. The predicted octanol–water partition coefficient (Wildman–Crippen LogP) is 2.34. The van der Waals surface area contributed by atoms with Crippen molar-refractivity contribution in [1.29, 1.82) is 0 Å². The molecule has 0 aliphatic carbocycles. The maximum atomic E-state index is 12.9. The molecule has 114 valence electrons. The average Bonchev–Trinajstić information content (AvgIpc) is 2.28. The molecule has 1 aromatic rings. The van der Waals surface area contributed by atoms with Crippen LogP contribution in [0.4, 0.5) is 13.2 Å². The zero-order chi connectivity index (χ0) is 15.4. The molecule has 2 N–H and O–H groups in total. The van der Waals surface area contributed by atoms with Gasteiger partial charge in [-0.25, -0.2) is 8.42 Å². The standard InChI is InChI=1S/C12H16F3NO2S2/c1-20(17,18)7-6-19-10-3-2-9(4-5-16)11(8-10)12(13,14)15/h2-3,8H,4-7,16H2,1H3. The van der Waals surface area contributed by atoms with E-state index in [-0.39, 0.29) is 30.0 Å². The first-order valence-electron chi connectivity index (χ1n) is 5.84. The van der Waals surface area contributed by atoms with Gasteiger partial charge in [0.25, 0.3) is 0 Å². The lowest BCUT2D eigenvalue weighted by Crippen LogP contribution is -2.13. The van der Waals surface area contributed by atoms with Crippen LogP contribution < -0.4 is 5.73 Å². The molecule has 1 aromatic carbocycles. The Morgan fingerprint density at radius 2 is 1.95 bits per heavy atom. The Morgan fingerprint density at radius 1 is 1.30 bits per heavy atom. The van der Waals surface area contributed by atoms with Crippen LogP contribution >= 0.6 is 11.8 Å². The molecule has 0 saturated heterocycles. The van der Waals surface area contributed by atoms with Gasteiger partial charge in [-0.2, -0.15) is 13.2 Å². The van der Waals surface area contributed by atoms with Crippen LogP contribution in [0, 0.1) is 0 Å². The summed E-state index contributed by atoms with van der Waals surface area (Å²) < 4.78 is 60.7. The van der Waals surface area contributed by atoms with Crippen LogP contribution in [0.2, 0.25) is 0 Å². The number of rotatable bonds is 6. The molecule has 0 unspecified atom stereocenters. The molecule has 0 saturated carbocycles. The van der Waals surface area contributed by atoms with E-state index in [9.17, 15) is 21.6 Å². The van der Waals surface area contributed by atoms with Gasteiger partial charge in [0, 0.05) is 16.9 Å². The Bertz CT molecular complexity index is 556. The molecule has 0 heterocycles. The average molecular weight is 327 g/mol. The first kappa shape index (κ1) is 17.3. The third kappa shape index (κ3) is 5.72. The summed E-state index contributed by atoms with van der Waals surface area (Å²) in [5, 5.41) is 0. The van der Waals surface area contributed by atoms with Gasteiger partial charge in [-0.15, -0.1) is 11.8 Å².